The molecule has 3 rings (SSSR count). The van der Waals surface area contributed by atoms with Crippen LogP contribution in [0.25, 0.3) is 5.65 Å². The first-order valence-electron chi connectivity index (χ1n) is 5.60. The van der Waals surface area contributed by atoms with Gasteiger partial charge in [-0.15, -0.1) is 0 Å². The van der Waals surface area contributed by atoms with Gasteiger partial charge in [0.2, 0.25) is 0 Å². The van der Waals surface area contributed by atoms with Crippen LogP contribution in [0.3, 0.4) is 0 Å². The zero-order valence-electron chi connectivity index (χ0n) is 9.40. The van der Waals surface area contributed by atoms with Crippen LogP contribution >= 0.6 is 0 Å². The molecule has 0 spiro atoms. The lowest BCUT2D eigenvalue weighted by atomic mass is 10.3. The third-order valence-corrected chi connectivity index (χ3v) is 2.88. The van der Waals surface area contributed by atoms with E-state index in [9.17, 15) is 9.18 Å². The van der Waals surface area contributed by atoms with Gasteiger partial charge in [0.25, 0.3) is 5.91 Å². The zero-order chi connectivity index (χ0) is 12.0. The Bertz CT molecular complexity index is 601. The third-order valence-electron chi connectivity index (χ3n) is 2.88. The zero-order valence-corrected chi connectivity index (χ0v) is 9.40. The van der Waals surface area contributed by atoms with Crippen LogP contribution in [-0.4, -0.2) is 21.3 Å². The number of fused-ring (bicyclic) bond motifs is 1. The molecule has 0 radical (unpaired) electrons. The minimum absolute atomic E-state index is 0.178. The summed E-state index contributed by atoms with van der Waals surface area (Å²) in [5.41, 5.74) is 1.63. The van der Waals surface area contributed by atoms with Crippen LogP contribution in [0.2, 0.25) is 0 Å². The van der Waals surface area contributed by atoms with Gasteiger partial charge in [0.15, 0.2) is 0 Å². The maximum Gasteiger partial charge on any atom is 0.270 e. The van der Waals surface area contributed by atoms with Crippen molar-refractivity contribution in [3.8, 4) is 0 Å². The van der Waals surface area contributed by atoms with Crippen LogP contribution in [0, 0.1) is 12.7 Å². The Morgan fingerprint density at radius 1 is 1.53 bits per heavy atom. The molecule has 5 heteroatoms. The molecule has 0 bridgehead atoms. The maximum atomic E-state index is 13.2. The fourth-order valence-corrected chi connectivity index (χ4v) is 1.89. The van der Waals surface area contributed by atoms with E-state index in [0.717, 1.165) is 12.8 Å². The van der Waals surface area contributed by atoms with Gasteiger partial charge in [0.05, 0.1) is 5.69 Å². The van der Waals surface area contributed by atoms with Gasteiger partial charge in [0.1, 0.15) is 17.2 Å². The second kappa shape index (κ2) is 3.55. The largest absolute Gasteiger partial charge is 0.348 e. The van der Waals surface area contributed by atoms with Crippen molar-refractivity contribution in [2.75, 3.05) is 0 Å². The van der Waals surface area contributed by atoms with Crippen LogP contribution in [0.4, 0.5) is 4.39 Å². The quantitative estimate of drug-likeness (QED) is 0.857. The van der Waals surface area contributed by atoms with E-state index < -0.39 is 0 Å². The van der Waals surface area contributed by atoms with Crippen LogP contribution in [-0.2, 0) is 0 Å². The molecule has 88 valence electrons. The number of halogens is 1. The van der Waals surface area contributed by atoms with Gasteiger partial charge in [-0.25, -0.2) is 9.37 Å². The van der Waals surface area contributed by atoms with Crippen molar-refractivity contribution in [1.29, 1.82) is 0 Å². The highest BCUT2D eigenvalue weighted by molar-refractivity contribution is 5.95. The number of aryl methyl sites for hydroxylation is 1. The average Bonchev–Trinajstić information content (AvgIpc) is 3.00. The van der Waals surface area contributed by atoms with E-state index in [1.165, 1.54) is 16.7 Å². The molecule has 1 N–H and O–H groups in total. The molecule has 0 saturated heterocycles. The van der Waals surface area contributed by atoms with Crippen molar-refractivity contribution in [2.45, 2.75) is 25.8 Å². The average molecular weight is 233 g/mol. The molecule has 4 nitrogen and oxygen atoms in total. The summed E-state index contributed by atoms with van der Waals surface area (Å²) in [6, 6.07) is 3.18. The number of carbonyl (C=O) groups excluding carboxylic acids is 1. The minimum Gasteiger partial charge on any atom is -0.348 e. The summed E-state index contributed by atoms with van der Waals surface area (Å²) in [6.07, 6.45) is 3.34. The van der Waals surface area contributed by atoms with E-state index in [1.807, 2.05) is 0 Å². The van der Waals surface area contributed by atoms with E-state index in [2.05, 4.69) is 10.3 Å². The predicted molar refractivity (Wildman–Crippen MR) is 60.4 cm³/mol. The van der Waals surface area contributed by atoms with Gasteiger partial charge >= 0.3 is 0 Å². The Morgan fingerprint density at radius 3 is 3.00 bits per heavy atom. The Morgan fingerprint density at radius 2 is 2.29 bits per heavy atom. The normalized spacial score (nSPS) is 15.2. The van der Waals surface area contributed by atoms with Crippen molar-refractivity contribution < 1.29 is 9.18 Å². The molecule has 0 atom stereocenters. The van der Waals surface area contributed by atoms with Crippen molar-refractivity contribution in [3.05, 3.63) is 35.5 Å². The summed E-state index contributed by atoms with van der Waals surface area (Å²) in [5.74, 6) is -0.557. The smallest absolute Gasteiger partial charge is 0.270 e. The second-order valence-corrected chi connectivity index (χ2v) is 4.37. The number of amides is 1. The SMILES string of the molecule is Cc1nc2ccc(F)cn2c1C(=O)NC1CC1. The minimum atomic E-state index is -0.379. The first-order valence-corrected chi connectivity index (χ1v) is 5.60. The maximum absolute atomic E-state index is 13.2. The number of aromatic nitrogens is 2. The lowest BCUT2D eigenvalue weighted by molar-refractivity contribution is 0.0944. The highest BCUT2D eigenvalue weighted by Gasteiger charge is 2.26. The molecular weight excluding hydrogens is 221 g/mol. The highest BCUT2D eigenvalue weighted by Crippen LogP contribution is 2.20. The number of pyridine rings is 1. The third kappa shape index (κ3) is 1.77. The first kappa shape index (κ1) is 10.3. The number of hydrogen-bond acceptors (Lipinski definition) is 2. The summed E-state index contributed by atoms with van der Waals surface area (Å²) in [5, 5.41) is 2.89. The van der Waals surface area contributed by atoms with E-state index in [-0.39, 0.29) is 17.8 Å². The van der Waals surface area contributed by atoms with Crippen molar-refractivity contribution in [2.24, 2.45) is 0 Å². The summed E-state index contributed by atoms with van der Waals surface area (Å²) in [4.78, 5) is 16.2. The summed E-state index contributed by atoms with van der Waals surface area (Å²) in [7, 11) is 0. The Kier molecular flexibility index (Phi) is 2.14. The fourth-order valence-electron chi connectivity index (χ4n) is 1.89. The molecule has 2 aromatic rings. The molecule has 0 unspecified atom stereocenters. The number of carbonyl (C=O) groups is 1. The number of nitrogens with one attached hydrogen (secondary N) is 1. The van der Waals surface area contributed by atoms with Crippen molar-refractivity contribution in [3.63, 3.8) is 0 Å². The lowest BCUT2D eigenvalue weighted by Gasteiger charge is -2.04. The van der Waals surface area contributed by atoms with Crippen LogP contribution in [0.5, 0.6) is 0 Å². The molecule has 0 aliphatic heterocycles. The topological polar surface area (TPSA) is 46.4 Å². The van der Waals surface area contributed by atoms with Gasteiger partial charge in [0, 0.05) is 12.2 Å². The summed E-state index contributed by atoms with van der Waals surface area (Å²) < 4.78 is 14.7. The number of hydrogen-bond donors (Lipinski definition) is 1. The summed E-state index contributed by atoms with van der Waals surface area (Å²) in [6.45, 7) is 1.76. The molecule has 2 aromatic heterocycles. The van der Waals surface area contributed by atoms with E-state index >= 15 is 0 Å². The molecule has 1 aliphatic rings. The Hall–Kier alpha value is -1.91. The van der Waals surface area contributed by atoms with Crippen molar-refractivity contribution in [1.82, 2.24) is 14.7 Å². The van der Waals surface area contributed by atoms with Gasteiger partial charge < -0.3 is 5.32 Å². The van der Waals surface area contributed by atoms with Crippen LogP contribution in [0.15, 0.2) is 18.3 Å². The number of rotatable bonds is 2. The number of imidazole rings is 1. The van der Waals surface area contributed by atoms with Gasteiger partial charge in [-0.1, -0.05) is 0 Å². The van der Waals surface area contributed by atoms with E-state index in [0.29, 0.717) is 17.0 Å². The molecule has 1 saturated carbocycles. The van der Waals surface area contributed by atoms with Gasteiger partial charge in [-0.2, -0.15) is 0 Å². The molecular formula is C12H12FN3O. The fraction of sp³-hybridized carbons (Fsp3) is 0.333. The van der Waals surface area contributed by atoms with Gasteiger partial charge in [-0.3, -0.25) is 9.20 Å². The monoisotopic (exact) mass is 233 g/mol. The Labute approximate surface area is 97.5 Å². The first-order chi connectivity index (χ1) is 8.15. The van der Waals surface area contributed by atoms with Crippen LogP contribution < -0.4 is 5.32 Å². The highest BCUT2D eigenvalue weighted by atomic mass is 19.1. The number of nitrogens with zero attached hydrogens (tertiary/aromatic N) is 2. The van der Waals surface area contributed by atoms with Gasteiger partial charge in [-0.05, 0) is 31.9 Å². The molecule has 1 aliphatic carbocycles. The molecule has 1 fully saturated rings. The predicted octanol–water partition coefficient (Wildman–Crippen LogP) is 1.67. The molecule has 17 heavy (non-hydrogen) atoms. The molecule has 0 aromatic carbocycles. The van der Waals surface area contributed by atoms with Crippen LogP contribution in [0.1, 0.15) is 29.0 Å². The van der Waals surface area contributed by atoms with E-state index in [4.69, 9.17) is 0 Å². The standard InChI is InChI=1S/C12H12FN3O/c1-7-11(12(17)15-9-3-4-9)16-6-8(13)2-5-10(16)14-7/h2,5-6,9H,3-4H2,1H3,(H,15,17). The molecule has 1 amide bonds. The Balaban J connectivity index is 2.09. The lowest BCUT2D eigenvalue weighted by Crippen LogP contribution is -2.27. The molecule has 2 heterocycles. The summed E-state index contributed by atoms with van der Waals surface area (Å²) >= 11 is 0. The van der Waals surface area contributed by atoms with Crippen molar-refractivity contribution >= 4 is 11.6 Å². The van der Waals surface area contributed by atoms with E-state index in [1.54, 1.807) is 13.0 Å². The second-order valence-electron chi connectivity index (χ2n) is 4.37.